The molecule has 0 bridgehead atoms. The Bertz CT molecular complexity index is 620. The summed E-state index contributed by atoms with van der Waals surface area (Å²) in [6.07, 6.45) is -7.50. The molecule has 0 aromatic rings. The number of nitrogens with one attached hydrogen (secondary N) is 1. The molecule has 0 spiro atoms. The molecule has 2 fully saturated rings. The maximum absolute atomic E-state index is 11.7. The summed E-state index contributed by atoms with van der Waals surface area (Å²) in [6.45, 7) is 2.27. The molecule has 0 aliphatic carbocycles. The van der Waals surface area contributed by atoms with Gasteiger partial charge in [0.25, 0.3) is 0 Å². The summed E-state index contributed by atoms with van der Waals surface area (Å²) in [6, 6.07) is -0.690. The predicted molar refractivity (Wildman–Crippen MR) is 108 cm³/mol. The summed E-state index contributed by atoms with van der Waals surface area (Å²) in [4.78, 5) is 23.2. The van der Waals surface area contributed by atoms with Crippen LogP contribution in [-0.2, 0) is 28.5 Å². The number of carbonyl (C=O) groups is 2. The molecule has 186 valence electrons. The lowest BCUT2D eigenvalue weighted by Gasteiger charge is -2.45. The summed E-state index contributed by atoms with van der Waals surface area (Å²) in [5.41, 5.74) is 0. The number of rotatable bonds is 10. The molecule has 2 aliphatic heterocycles. The molecule has 0 aromatic heterocycles. The highest BCUT2D eigenvalue weighted by Gasteiger charge is 2.48. The van der Waals surface area contributed by atoms with Crippen molar-refractivity contribution in [1.29, 1.82) is 0 Å². The van der Waals surface area contributed by atoms with Gasteiger partial charge < -0.3 is 49.8 Å². The molecule has 4 unspecified atom stereocenters. The molecule has 0 radical (unpaired) electrons. The van der Waals surface area contributed by atoms with Crippen molar-refractivity contribution in [2.24, 2.45) is 11.8 Å². The highest BCUT2D eigenvalue weighted by atomic mass is 16.6. The van der Waals surface area contributed by atoms with Gasteiger partial charge in [0.2, 0.25) is 5.91 Å². The van der Waals surface area contributed by atoms with E-state index in [0.29, 0.717) is 6.42 Å². The Labute approximate surface area is 186 Å². The number of carbonyl (C=O) groups excluding carboxylic acids is 1. The van der Waals surface area contributed by atoms with Gasteiger partial charge in [0, 0.05) is 25.9 Å². The van der Waals surface area contributed by atoms with E-state index in [1.807, 2.05) is 0 Å². The summed E-state index contributed by atoms with van der Waals surface area (Å²) in [7, 11) is 1.45. The van der Waals surface area contributed by atoms with Crippen molar-refractivity contribution in [1.82, 2.24) is 5.32 Å². The second kappa shape index (κ2) is 12.2. The molecule has 12 heteroatoms. The molecule has 12 nitrogen and oxygen atoms in total. The zero-order valence-corrected chi connectivity index (χ0v) is 18.5. The monoisotopic (exact) mass is 465 g/mol. The second-order valence-corrected chi connectivity index (χ2v) is 8.26. The summed E-state index contributed by atoms with van der Waals surface area (Å²) in [5.74, 6) is -3.07. The number of aliphatic hydroxyl groups excluding tert-OH is 4. The third kappa shape index (κ3) is 6.14. The first-order valence-corrected chi connectivity index (χ1v) is 10.7. The van der Waals surface area contributed by atoms with Gasteiger partial charge in [-0.2, -0.15) is 0 Å². The fourth-order valence-corrected chi connectivity index (χ4v) is 4.43. The Morgan fingerprint density at radius 2 is 1.62 bits per heavy atom. The Hall–Kier alpha value is -1.38. The topological polar surface area (TPSA) is 184 Å². The van der Waals surface area contributed by atoms with Gasteiger partial charge in [-0.25, -0.2) is 4.79 Å². The fraction of sp³-hybridized carbons (Fsp3) is 0.900. The Balaban J connectivity index is 2.09. The third-order valence-electron chi connectivity index (χ3n) is 6.10. The average Bonchev–Trinajstić information content (AvgIpc) is 2.74. The Morgan fingerprint density at radius 3 is 2.16 bits per heavy atom. The van der Waals surface area contributed by atoms with Crippen molar-refractivity contribution in [3.05, 3.63) is 0 Å². The first-order valence-electron chi connectivity index (χ1n) is 10.7. The summed E-state index contributed by atoms with van der Waals surface area (Å²) in [5, 5.41) is 53.0. The van der Waals surface area contributed by atoms with Crippen LogP contribution in [0, 0.1) is 11.8 Å². The van der Waals surface area contributed by atoms with E-state index in [1.165, 1.54) is 14.0 Å². The van der Waals surface area contributed by atoms with Gasteiger partial charge in [-0.3, -0.25) is 4.79 Å². The zero-order chi connectivity index (χ0) is 24.0. The second-order valence-electron chi connectivity index (χ2n) is 8.26. The minimum Gasteiger partial charge on any atom is -0.479 e. The molecule has 2 heterocycles. The lowest BCUT2D eigenvalue weighted by molar-refractivity contribution is -0.226. The van der Waals surface area contributed by atoms with Gasteiger partial charge >= 0.3 is 5.97 Å². The SMILES string of the molecule is CC[C@@H]1C(C(=O)O)O[C@@H](COC[C@H]2C(NC(C)=O)[C@H](COC)OC(CO)[C@H]2O)C(O)[C@@H]1O. The number of hydrogen-bond acceptors (Lipinski definition) is 10. The van der Waals surface area contributed by atoms with Crippen LogP contribution in [0.25, 0.3) is 0 Å². The van der Waals surface area contributed by atoms with Crippen molar-refractivity contribution >= 4 is 11.9 Å². The molecule has 0 aromatic carbocycles. The van der Waals surface area contributed by atoms with Crippen LogP contribution in [0.5, 0.6) is 0 Å². The summed E-state index contributed by atoms with van der Waals surface area (Å²) >= 11 is 0. The van der Waals surface area contributed by atoms with Gasteiger partial charge in [-0.05, 0) is 6.42 Å². The number of aliphatic carboxylic acids is 1. The van der Waals surface area contributed by atoms with Gasteiger partial charge in [0.05, 0.1) is 44.7 Å². The van der Waals surface area contributed by atoms with Gasteiger partial charge in [0.15, 0.2) is 6.10 Å². The number of hydrogen-bond donors (Lipinski definition) is 6. The van der Waals surface area contributed by atoms with Crippen LogP contribution in [-0.4, -0.2) is 120 Å². The van der Waals surface area contributed by atoms with E-state index in [4.69, 9.17) is 18.9 Å². The van der Waals surface area contributed by atoms with Gasteiger partial charge in [0.1, 0.15) is 24.4 Å². The van der Waals surface area contributed by atoms with Crippen molar-refractivity contribution < 1.29 is 54.1 Å². The lowest BCUT2D eigenvalue weighted by Crippen LogP contribution is -2.63. The van der Waals surface area contributed by atoms with E-state index in [0.717, 1.165) is 0 Å². The highest BCUT2D eigenvalue weighted by molar-refractivity contribution is 5.73. The van der Waals surface area contributed by atoms with Crippen LogP contribution in [0.1, 0.15) is 20.3 Å². The van der Waals surface area contributed by atoms with Crippen molar-refractivity contribution in [3.63, 3.8) is 0 Å². The molecular formula is C20H35NO11. The normalized spacial score (nSPS) is 40.1. The number of ether oxygens (including phenoxy) is 4. The first-order chi connectivity index (χ1) is 15.2. The van der Waals surface area contributed by atoms with Gasteiger partial charge in [-0.1, -0.05) is 6.92 Å². The first kappa shape index (κ1) is 26.9. The van der Waals surface area contributed by atoms with Crippen LogP contribution >= 0.6 is 0 Å². The quantitative estimate of drug-likeness (QED) is 0.200. The van der Waals surface area contributed by atoms with Crippen LogP contribution in [0.15, 0.2) is 0 Å². The number of amides is 1. The number of aliphatic hydroxyl groups is 4. The van der Waals surface area contributed by atoms with Crippen LogP contribution in [0.3, 0.4) is 0 Å². The number of carboxylic acid groups (broad SMARTS) is 1. The zero-order valence-electron chi connectivity index (χ0n) is 18.5. The Morgan fingerprint density at radius 1 is 0.938 bits per heavy atom. The maximum atomic E-state index is 11.7. The maximum Gasteiger partial charge on any atom is 0.333 e. The fourth-order valence-electron chi connectivity index (χ4n) is 4.43. The highest BCUT2D eigenvalue weighted by Crippen LogP contribution is 2.30. The molecule has 10 atom stereocenters. The van der Waals surface area contributed by atoms with E-state index in [9.17, 15) is 35.1 Å². The molecule has 2 aliphatic rings. The third-order valence-corrected chi connectivity index (χ3v) is 6.10. The van der Waals surface area contributed by atoms with Crippen LogP contribution < -0.4 is 5.32 Å². The molecule has 2 saturated heterocycles. The lowest BCUT2D eigenvalue weighted by atomic mass is 9.84. The number of carboxylic acids is 1. The van der Waals surface area contributed by atoms with Crippen molar-refractivity contribution in [2.75, 3.05) is 33.5 Å². The molecular weight excluding hydrogens is 430 g/mol. The number of methoxy groups -OCH3 is 1. The molecule has 1 amide bonds. The standard InChI is InChI=1S/C20H35NO11/c1-4-10-17(25)18(26)14(32-19(10)20(27)28)8-30-6-11-15(21-9(2)23)13(7-29-3)31-12(5-22)16(11)24/h10-19,22,24-26H,4-8H2,1-3H3,(H,21,23)(H,27,28)/t10-,11-,12?,13-,14-,15?,16-,17+,18?,19?/m0/s1. The predicted octanol–water partition coefficient (Wildman–Crippen LogP) is -2.51. The molecule has 0 saturated carbocycles. The molecule has 2 rings (SSSR count). The van der Waals surface area contributed by atoms with Crippen LogP contribution in [0.4, 0.5) is 0 Å². The average molecular weight is 465 g/mol. The van der Waals surface area contributed by atoms with E-state index in [2.05, 4.69) is 5.32 Å². The minimum atomic E-state index is -1.35. The Kier molecular flexibility index (Phi) is 10.2. The summed E-state index contributed by atoms with van der Waals surface area (Å²) < 4.78 is 21.9. The smallest absolute Gasteiger partial charge is 0.333 e. The van der Waals surface area contributed by atoms with E-state index >= 15 is 0 Å². The van der Waals surface area contributed by atoms with Crippen molar-refractivity contribution in [2.45, 2.75) is 69.0 Å². The van der Waals surface area contributed by atoms with E-state index in [-0.39, 0.29) is 25.7 Å². The van der Waals surface area contributed by atoms with Crippen molar-refractivity contribution in [3.8, 4) is 0 Å². The molecule has 32 heavy (non-hydrogen) atoms. The van der Waals surface area contributed by atoms with Gasteiger partial charge in [-0.15, -0.1) is 0 Å². The van der Waals surface area contributed by atoms with E-state index in [1.54, 1.807) is 6.92 Å². The minimum absolute atomic E-state index is 0.0972. The largest absolute Gasteiger partial charge is 0.479 e. The van der Waals surface area contributed by atoms with Crippen LogP contribution in [0.2, 0.25) is 0 Å². The molecule has 6 N–H and O–H groups in total. The van der Waals surface area contributed by atoms with E-state index < -0.39 is 73.2 Å².